The number of hydrogen-bond donors (Lipinski definition) is 4. The highest BCUT2D eigenvalue weighted by Gasteiger charge is 2.45. The molecule has 12 amide bonds. The first kappa shape index (κ1) is 82.9. The standard InChI is InChI=1S/C76H114N12O13/c1-47(2)41-59-72(97)80(11)46-62(90)79-64(52(10)89)75(100)87(18)65(49(5)6)68(93)77-56(38-37-53-31-23-19-24-32-53)70(95)84(15)60(42-48(3)4)73(98)82(13)58(43-54-33-25-20-26-34-54)67(92)78-57(71(96)88-39-29-22-30-40-88)45-63(91)86(17)66(50(7)8)76(101)81(12)51(9)69(94)83(14)61(74(99)85(59)16)44-55-35-27-21-28-36-55/h19-21,23-28,31-36,47-52,56-61,64-66,89H,22,29-30,37-46H2,1-18H3,(H,77,93)(H,78,92)(H,79,90)/t51-,52+,56-,57-,58-,59-,60-,61-,64-,65-,66-/m0/s1. The molecule has 25 nitrogen and oxygen atoms in total. The Balaban J connectivity index is 1.70. The number of carbonyl (C=O) groups excluding carboxylic acids is 12. The van der Waals surface area contributed by atoms with Crippen molar-refractivity contribution in [1.29, 1.82) is 0 Å². The zero-order valence-electron chi connectivity index (χ0n) is 62.9. The Labute approximate surface area is 598 Å². The molecular weight excluding hydrogens is 1290 g/mol. The first-order valence-electron chi connectivity index (χ1n) is 35.6. The van der Waals surface area contributed by atoms with Gasteiger partial charge in [-0.3, -0.25) is 57.5 Å². The molecule has 0 unspecified atom stereocenters. The van der Waals surface area contributed by atoms with Gasteiger partial charge in [0.05, 0.1) is 19.1 Å². The second kappa shape index (κ2) is 38.3. The van der Waals surface area contributed by atoms with E-state index in [-0.39, 0.29) is 50.4 Å². The van der Waals surface area contributed by atoms with E-state index in [1.165, 1.54) is 99.6 Å². The van der Waals surface area contributed by atoms with Crippen LogP contribution in [0.1, 0.15) is 131 Å². The smallest absolute Gasteiger partial charge is 0.248 e. The summed E-state index contributed by atoms with van der Waals surface area (Å²) in [6, 6.07) is 13.7. The molecule has 0 saturated carbocycles. The number of piperidine rings is 1. The molecule has 2 aliphatic heterocycles. The predicted octanol–water partition coefficient (Wildman–Crippen LogP) is 4.03. The van der Waals surface area contributed by atoms with Crippen molar-refractivity contribution >= 4 is 70.9 Å². The van der Waals surface area contributed by atoms with Gasteiger partial charge in [0.15, 0.2) is 0 Å². The van der Waals surface area contributed by atoms with Gasteiger partial charge in [-0.15, -0.1) is 0 Å². The Bertz CT molecular complexity index is 3310. The van der Waals surface area contributed by atoms with Gasteiger partial charge in [0.1, 0.15) is 60.4 Å². The summed E-state index contributed by atoms with van der Waals surface area (Å²) in [6.45, 7) is 17.1. The Morgan fingerprint density at radius 2 is 0.921 bits per heavy atom. The van der Waals surface area contributed by atoms with Gasteiger partial charge in [0.25, 0.3) is 0 Å². The zero-order valence-corrected chi connectivity index (χ0v) is 62.9. The van der Waals surface area contributed by atoms with Crippen molar-refractivity contribution < 1.29 is 62.6 Å². The van der Waals surface area contributed by atoms with Gasteiger partial charge in [-0.1, -0.05) is 146 Å². The van der Waals surface area contributed by atoms with Crippen LogP contribution < -0.4 is 16.0 Å². The van der Waals surface area contributed by atoms with Crippen molar-refractivity contribution in [3.8, 4) is 0 Å². The van der Waals surface area contributed by atoms with Crippen LogP contribution in [0.3, 0.4) is 0 Å². The van der Waals surface area contributed by atoms with Gasteiger partial charge in [0, 0.05) is 82.3 Å². The lowest BCUT2D eigenvalue weighted by atomic mass is 9.96. The summed E-state index contributed by atoms with van der Waals surface area (Å²) in [4.78, 5) is 192. The molecule has 5 rings (SSSR count). The highest BCUT2D eigenvalue weighted by Crippen LogP contribution is 2.25. The van der Waals surface area contributed by atoms with E-state index in [4.69, 9.17) is 0 Å². The van der Waals surface area contributed by atoms with Crippen molar-refractivity contribution in [2.75, 3.05) is 76.0 Å². The average molecular weight is 1400 g/mol. The van der Waals surface area contributed by atoms with E-state index in [2.05, 4.69) is 16.0 Å². The highest BCUT2D eigenvalue weighted by molar-refractivity contribution is 6.00. The summed E-state index contributed by atoms with van der Waals surface area (Å²) < 4.78 is 0. The maximum Gasteiger partial charge on any atom is 0.248 e. The molecule has 0 bridgehead atoms. The molecule has 2 saturated heterocycles. The van der Waals surface area contributed by atoms with Crippen molar-refractivity contribution in [3.05, 3.63) is 108 Å². The summed E-state index contributed by atoms with van der Waals surface area (Å²) in [7, 11) is 11.3. The summed E-state index contributed by atoms with van der Waals surface area (Å²) >= 11 is 0. The van der Waals surface area contributed by atoms with E-state index in [9.17, 15) is 24.3 Å². The molecule has 2 aliphatic rings. The Hall–Kier alpha value is -8.74. The predicted molar refractivity (Wildman–Crippen MR) is 385 cm³/mol. The molecule has 4 N–H and O–H groups in total. The topological polar surface area (TPSA) is 290 Å². The Morgan fingerprint density at radius 3 is 1.42 bits per heavy atom. The van der Waals surface area contributed by atoms with E-state index in [0.29, 0.717) is 37.1 Å². The minimum Gasteiger partial charge on any atom is -0.391 e. The summed E-state index contributed by atoms with van der Waals surface area (Å²) in [5.74, 6) is -10.1. The van der Waals surface area contributed by atoms with E-state index in [1.807, 2.05) is 58.0 Å². The highest BCUT2D eigenvalue weighted by atomic mass is 16.3. The Kier molecular flexibility index (Phi) is 31.5. The monoisotopic (exact) mass is 1400 g/mol. The number of nitrogens with one attached hydrogen (secondary N) is 3. The van der Waals surface area contributed by atoms with Crippen molar-refractivity contribution in [2.24, 2.45) is 23.7 Å². The molecule has 2 heterocycles. The van der Waals surface area contributed by atoms with Gasteiger partial charge in [-0.2, -0.15) is 0 Å². The third kappa shape index (κ3) is 22.4. The fraction of sp³-hybridized carbons (Fsp3) is 0.605. The van der Waals surface area contributed by atoms with E-state index >= 15 is 38.4 Å². The fourth-order valence-corrected chi connectivity index (χ4v) is 13.5. The van der Waals surface area contributed by atoms with Gasteiger partial charge < -0.3 is 65.2 Å². The molecule has 3 aromatic carbocycles. The lowest BCUT2D eigenvalue weighted by molar-refractivity contribution is -0.155. The zero-order chi connectivity index (χ0) is 75.4. The van der Waals surface area contributed by atoms with Gasteiger partial charge in [0.2, 0.25) is 70.9 Å². The van der Waals surface area contributed by atoms with E-state index in [0.717, 1.165) is 21.8 Å². The van der Waals surface area contributed by atoms with Crippen LogP contribution >= 0.6 is 0 Å². The van der Waals surface area contributed by atoms with Crippen molar-refractivity contribution in [1.82, 2.24) is 60.0 Å². The Morgan fingerprint density at radius 1 is 0.465 bits per heavy atom. The molecule has 25 heteroatoms. The number of carbonyl (C=O) groups is 12. The number of hydrogen-bond acceptors (Lipinski definition) is 13. The number of benzene rings is 3. The summed E-state index contributed by atoms with van der Waals surface area (Å²) in [5.41, 5.74) is 2.14. The molecule has 3 aromatic rings. The molecular formula is C76H114N12O13. The summed E-state index contributed by atoms with van der Waals surface area (Å²) in [6.07, 6.45) is 0.424. The molecule has 0 spiro atoms. The minimum absolute atomic E-state index is 0.0205. The normalized spacial score (nSPS) is 25.0. The van der Waals surface area contributed by atoms with E-state index in [1.54, 1.807) is 93.3 Å². The van der Waals surface area contributed by atoms with Crippen LogP contribution in [0.15, 0.2) is 91.0 Å². The molecule has 0 radical (unpaired) electrons. The third-order valence-electron chi connectivity index (χ3n) is 19.7. The van der Waals surface area contributed by atoms with Gasteiger partial charge in [-0.05, 0) is 99.2 Å². The SMILES string of the molecule is CC(C)C[C@H]1C(=O)N(C)[C@@H](Cc2ccccc2)C(=O)N[C@H](C(=O)N2CCCCC2)CC(=O)N(C)[C@@H](C(C)C)C(=O)N(C)[C@@H](C)C(=O)N(C)[C@@H](Cc2ccccc2)C(=O)N(C)[C@@H](CC(C)C)C(=O)N(C)CC(=O)N[C@@H]([C@@H](C)O)C(=O)N(C)[C@@H](C(C)C)C(=O)N[C@@H](CCc2ccccc2)C(=O)N1C. The number of aliphatic hydroxyl groups excluding tert-OH is 1. The fourth-order valence-electron chi connectivity index (χ4n) is 13.5. The van der Waals surface area contributed by atoms with Crippen molar-refractivity contribution in [2.45, 2.75) is 200 Å². The lowest BCUT2D eigenvalue weighted by Crippen LogP contribution is -2.62. The lowest BCUT2D eigenvalue weighted by Gasteiger charge is -2.39. The first-order chi connectivity index (χ1) is 47.5. The van der Waals surface area contributed by atoms with Crippen LogP contribution in [0.2, 0.25) is 0 Å². The quantitative estimate of drug-likeness (QED) is 0.167. The van der Waals surface area contributed by atoms with Gasteiger partial charge >= 0.3 is 0 Å². The van der Waals surface area contributed by atoms with Crippen molar-refractivity contribution in [3.63, 3.8) is 0 Å². The number of aryl methyl sites for hydroxylation is 1. The van der Waals surface area contributed by atoms with E-state index < -0.39 is 162 Å². The number of likely N-dealkylation sites (N-methyl/N-ethyl adjacent to an activating group) is 8. The third-order valence-corrected chi connectivity index (χ3v) is 19.7. The number of amides is 12. The van der Waals surface area contributed by atoms with Crippen LogP contribution in [0.4, 0.5) is 0 Å². The summed E-state index contributed by atoms with van der Waals surface area (Å²) in [5, 5.41) is 19.6. The van der Waals surface area contributed by atoms with Crippen LogP contribution in [-0.2, 0) is 76.8 Å². The molecule has 101 heavy (non-hydrogen) atoms. The molecule has 11 atom stereocenters. The first-order valence-corrected chi connectivity index (χ1v) is 35.6. The number of aliphatic hydroxyl groups is 1. The number of rotatable bonds is 15. The maximum atomic E-state index is 15.6. The average Bonchev–Trinajstić information content (AvgIpc) is 0.810. The van der Waals surface area contributed by atoms with Crippen LogP contribution in [0.5, 0.6) is 0 Å². The second-order valence-corrected chi connectivity index (χ2v) is 29.2. The minimum atomic E-state index is -1.66. The van der Waals surface area contributed by atoms with Crippen LogP contribution in [0.25, 0.3) is 0 Å². The molecule has 2 fully saturated rings. The molecule has 556 valence electrons. The van der Waals surface area contributed by atoms with Crippen LogP contribution in [0, 0.1) is 23.7 Å². The molecule has 0 aromatic heterocycles. The van der Waals surface area contributed by atoms with Gasteiger partial charge in [-0.25, -0.2) is 0 Å². The number of nitrogens with zero attached hydrogens (tertiary/aromatic N) is 9. The molecule has 0 aliphatic carbocycles. The van der Waals surface area contributed by atoms with Crippen LogP contribution in [-0.4, -0.2) is 263 Å². The largest absolute Gasteiger partial charge is 0.391 e. The maximum absolute atomic E-state index is 15.6. The number of likely N-dealkylation sites (tertiary alicyclic amines) is 1. The second-order valence-electron chi connectivity index (χ2n) is 29.2.